The van der Waals surface area contributed by atoms with Gasteiger partial charge in [0, 0.05) is 35.9 Å². The van der Waals surface area contributed by atoms with Gasteiger partial charge in [-0.2, -0.15) is 5.10 Å². The summed E-state index contributed by atoms with van der Waals surface area (Å²) < 4.78 is 2.28. The largest absolute Gasteiger partial charge is 0.351 e. The van der Waals surface area contributed by atoms with Gasteiger partial charge in [0.05, 0.1) is 23.7 Å². The number of aromatic nitrogens is 5. The van der Waals surface area contributed by atoms with Crippen molar-refractivity contribution in [1.29, 1.82) is 0 Å². The van der Waals surface area contributed by atoms with Crippen molar-refractivity contribution in [3.05, 3.63) is 70.1 Å². The zero-order valence-electron chi connectivity index (χ0n) is 25.4. The van der Waals surface area contributed by atoms with E-state index in [9.17, 15) is 14.4 Å². The molecule has 6 rings (SSSR count). The number of Topliss-reactive ketones (excluding diaryl/α,β-unsaturated/α-hetero) is 1. The fourth-order valence-corrected chi connectivity index (χ4v) is 6.62. The van der Waals surface area contributed by atoms with E-state index in [1.165, 1.54) is 0 Å². The number of carbonyl (C=O) groups excluding carboxylic acids is 3. The maximum atomic E-state index is 14.0. The average molecular weight is 659 g/mol. The predicted molar refractivity (Wildman–Crippen MR) is 170 cm³/mol. The van der Waals surface area contributed by atoms with Crippen LogP contribution in [0, 0.1) is 19.3 Å². The lowest BCUT2D eigenvalue weighted by molar-refractivity contribution is -0.139. The van der Waals surface area contributed by atoms with Crippen LogP contribution in [0.3, 0.4) is 0 Å². The van der Waals surface area contributed by atoms with E-state index in [4.69, 9.17) is 0 Å². The lowest BCUT2D eigenvalue weighted by Gasteiger charge is -2.27. The van der Waals surface area contributed by atoms with Crippen LogP contribution in [0.2, 0.25) is 0 Å². The summed E-state index contributed by atoms with van der Waals surface area (Å²) in [6.45, 7) is 8.44. The Morgan fingerprint density at radius 3 is 2.59 bits per heavy atom. The van der Waals surface area contributed by atoms with Gasteiger partial charge in [-0.1, -0.05) is 32.4 Å². The molecule has 0 radical (unpaired) electrons. The average Bonchev–Trinajstić information content (AvgIpc) is 3.37. The van der Waals surface area contributed by atoms with Crippen molar-refractivity contribution < 1.29 is 14.4 Å². The molecule has 2 aliphatic rings. The molecule has 228 valence electrons. The van der Waals surface area contributed by atoms with Gasteiger partial charge in [0.15, 0.2) is 11.5 Å². The Morgan fingerprint density at radius 2 is 1.84 bits per heavy atom. The van der Waals surface area contributed by atoms with Crippen molar-refractivity contribution in [2.24, 2.45) is 5.41 Å². The molecular formula is C33H36BrN7O3. The minimum atomic E-state index is -0.516. The van der Waals surface area contributed by atoms with Gasteiger partial charge >= 0.3 is 0 Å². The molecule has 0 unspecified atom stereocenters. The molecular weight excluding hydrogens is 622 g/mol. The van der Waals surface area contributed by atoms with E-state index in [1.807, 2.05) is 44.2 Å². The maximum Gasteiger partial charge on any atom is 0.272 e. The number of nitrogens with zero attached hydrogens (tertiary/aromatic N) is 6. The molecule has 2 fully saturated rings. The second-order valence-electron chi connectivity index (χ2n) is 12.3. The number of nitrogens with one attached hydrogen (secondary N) is 1. The molecule has 0 spiro atoms. The molecule has 3 aromatic heterocycles. The van der Waals surface area contributed by atoms with Gasteiger partial charge in [0.2, 0.25) is 5.91 Å². The van der Waals surface area contributed by atoms with Crippen molar-refractivity contribution in [3.63, 3.8) is 0 Å². The molecule has 44 heavy (non-hydrogen) atoms. The van der Waals surface area contributed by atoms with E-state index < -0.39 is 6.04 Å². The molecule has 1 aromatic carbocycles. The first-order valence-electron chi connectivity index (χ1n) is 15.1. The molecule has 1 saturated carbocycles. The minimum Gasteiger partial charge on any atom is -0.351 e. The highest BCUT2D eigenvalue weighted by atomic mass is 79.9. The fraction of sp³-hybridized carbons (Fsp3) is 0.424. The fourth-order valence-electron chi connectivity index (χ4n) is 6.28. The number of fused-ring (bicyclic) bond motifs is 2. The minimum absolute atomic E-state index is 0.00764. The summed E-state index contributed by atoms with van der Waals surface area (Å²) in [7, 11) is 0. The summed E-state index contributed by atoms with van der Waals surface area (Å²) in [6.07, 6.45) is 7.00. The highest BCUT2D eigenvalue weighted by Gasteiger charge is 2.64. The topological polar surface area (TPSA) is 123 Å². The van der Waals surface area contributed by atoms with Gasteiger partial charge in [-0.05, 0) is 83.8 Å². The van der Waals surface area contributed by atoms with E-state index in [-0.39, 0.29) is 47.7 Å². The number of halogens is 1. The summed E-state index contributed by atoms with van der Waals surface area (Å²) in [4.78, 5) is 55.9. The summed E-state index contributed by atoms with van der Waals surface area (Å²) in [5.74, 6) is 0.206. The van der Waals surface area contributed by atoms with Crippen LogP contribution in [0.1, 0.15) is 67.1 Å². The third-order valence-corrected chi connectivity index (χ3v) is 9.43. The number of pyridine rings is 1. The third-order valence-electron chi connectivity index (χ3n) is 8.99. The number of hydrogen-bond donors (Lipinski definition) is 1. The van der Waals surface area contributed by atoms with Crippen LogP contribution in [0.25, 0.3) is 22.0 Å². The van der Waals surface area contributed by atoms with E-state index in [1.54, 1.807) is 22.0 Å². The van der Waals surface area contributed by atoms with Crippen LogP contribution in [-0.4, -0.2) is 65.9 Å². The number of amides is 2. The van der Waals surface area contributed by atoms with Crippen molar-refractivity contribution in [3.8, 4) is 11.1 Å². The first-order valence-corrected chi connectivity index (χ1v) is 15.9. The summed E-state index contributed by atoms with van der Waals surface area (Å²) in [5, 5.41) is 8.28. The second kappa shape index (κ2) is 11.8. The van der Waals surface area contributed by atoms with Crippen LogP contribution in [0.5, 0.6) is 0 Å². The quantitative estimate of drug-likeness (QED) is 0.188. The third kappa shape index (κ3) is 5.77. The highest BCUT2D eigenvalue weighted by molar-refractivity contribution is 9.10. The van der Waals surface area contributed by atoms with Gasteiger partial charge < -0.3 is 10.2 Å². The predicted octanol–water partition coefficient (Wildman–Crippen LogP) is 4.99. The molecule has 10 nitrogen and oxygen atoms in total. The number of carbonyl (C=O) groups is 3. The zero-order chi connectivity index (χ0) is 31.2. The zero-order valence-corrected chi connectivity index (χ0v) is 27.0. The monoisotopic (exact) mass is 657 g/mol. The number of ketones is 1. The number of benzene rings is 1. The number of piperidine rings is 1. The van der Waals surface area contributed by atoms with E-state index >= 15 is 0 Å². The Hall–Kier alpha value is -3.99. The molecule has 1 N–H and O–H groups in total. The van der Waals surface area contributed by atoms with Gasteiger partial charge in [0.1, 0.15) is 17.0 Å². The first-order chi connectivity index (χ1) is 21.1. The molecule has 4 aromatic rings. The van der Waals surface area contributed by atoms with Gasteiger partial charge in [0.25, 0.3) is 5.91 Å². The van der Waals surface area contributed by atoms with Crippen LogP contribution in [-0.2, 0) is 22.6 Å². The smallest absolute Gasteiger partial charge is 0.272 e. The van der Waals surface area contributed by atoms with Crippen LogP contribution in [0.4, 0.5) is 0 Å². The molecule has 0 bridgehead atoms. The summed E-state index contributed by atoms with van der Waals surface area (Å²) in [5.41, 5.74) is 4.21. The number of unbranched alkanes of at least 4 members (excludes halogenated alkanes) is 1. The standard InChI is InChI=1S/C33H36BrN7O3/c1-5-6-11-35-32(44)31-23-12-21(22-16-36-20(3)37-17-22)8-9-25(23)40(39-31)18-30(43)41-26(14-33(4)15-28(33)41)27(42)13-24-19(2)7-10-29(34)38-24/h7-10,12,16-17,26,28H,5-6,11,13-15,18H2,1-4H3,(H,35,44)/t26-,28+,33-/m0/s1. The van der Waals surface area contributed by atoms with Gasteiger partial charge in [-0.3, -0.25) is 19.1 Å². The van der Waals surface area contributed by atoms with Gasteiger partial charge in [-0.25, -0.2) is 15.0 Å². The lowest BCUT2D eigenvalue weighted by atomic mass is 9.96. The molecule has 3 atom stereocenters. The number of hydrogen-bond acceptors (Lipinski definition) is 7. The van der Waals surface area contributed by atoms with Crippen molar-refractivity contribution in [1.82, 2.24) is 34.9 Å². The van der Waals surface area contributed by atoms with Crippen molar-refractivity contribution >= 4 is 44.4 Å². The van der Waals surface area contributed by atoms with Crippen LogP contribution in [0.15, 0.2) is 47.3 Å². The second-order valence-corrected chi connectivity index (χ2v) is 13.1. The first kappa shape index (κ1) is 30.1. The molecule has 1 aliphatic heterocycles. The normalized spacial score (nSPS) is 20.5. The maximum absolute atomic E-state index is 14.0. The summed E-state index contributed by atoms with van der Waals surface area (Å²) >= 11 is 3.41. The molecule has 1 saturated heterocycles. The Kier molecular flexibility index (Phi) is 8.08. The van der Waals surface area contributed by atoms with Crippen LogP contribution < -0.4 is 5.32 Å². The molecule has 2 amide bonds. The van der Waals surface area contributed by atoms with E-state index in [0.717, 1.165) is 36.0 Å². The van der Waals surface area contributed by atoms with Crippen molar-refractivity contribution in [2.75, 3.05) is 6.54 Å². The Labute approximate surface area is 264 Å². The number of aryl methyl sites for hydroxylation is 2. The van der Waals surface area contributed by atoms with E-state index in [2.05, 4.69) is 55.1 Å². The Morgan fingerprint density at radius 1 is 1.07 bits per heavy atom. The van der Waals surface area contributed by atoms with Crippen molar-refractivity contribution in [2.45, 2.75) is 78.4 Å². The Bertz CT molecular complexity index is 1770. The molecule has 1 aliphatic carbocycles. The van der Waals surface area contributed by atoms with Gasteiger partial charge in [-0.15, -0.1) is 0 Å². The SMILES string of the molecule is CCCCNC(=O)c1nn(CC(=O)N2[C@H](C(=O)Cc3nc(Br)ccc3C)C[C@@]3(C)C[C@@H]23)c2ccc(-c3cnc(C)nc3)cc12. The molecule has 11 heteroatoms. The highest BCUT2D eigenvalue weighted by Crippen LogP contribution is 2.59. The van der Waals surface area contributed by atoms with Crippen LogP contribution >= 0.6 is 15.9 Å². The molecule has 4 heterocycles. The summed E-state index contributed by atoms with van der Waals surface area (Å²) in [6, 6.07) is 9.00. The number of likely N-dealkylation sites (tertiary alicyclic amines) is 1. The lowest BCUT2D eigenvalue weighted by Crippen LogP contribution is -2.45. The van der Waals surface area contributed by atoms with E-state index in [0.29, 0.717) is 40.0 Å². The Balaban J connectivity index is 1.30. The number of rotatable bonds is 10.